The van der Waals surface area contributed by atoms with Gasteiger partial charge in [-0.15, -0.1) is 0 Å². The summed E-state index contributed by atoms with van der Waals surface area (Å²) >= 11 is 0. The van der Waals surface area contributed by atoms with Gasteiger partial charge in [0.25, 0.3) is 0 Å². The molecule has 0 aliphatic heterocycles. The van der Waals surface area contributed by atoms with E-state index in [1.54, 1.807) is 19.0 Å². The Bertz CT molecular complexity index is 271. The summed E-state index contributed by atoms with van der Waals surface area (Å²) < 4.78 is 5.21. The summed E-state index contributed by atoms with van der Waals surface area (Å²) in [5.74, 6) is 0.0323. The Labute approximate surface area is 104 Å². The van der Waals surface area contributed by atoms with E-state index in [1.807, 2.05) is 20.8 Å². The van der Waals surface area contributed by atoms with Crippen molar-refractivity contribution in [2.75, 3.05) is 27.2 Å². The van der Waals surface area contributed by atoms with Gasteiger partial charge < -0.3 is 14.5 Å². The van der Waals surface area contributed by atoms with E-state index in [0.717, 1.165) is 6.42 Å². The smallest absolute Gasteiger partial charge is 0.410 e. The second kappa shape index (κ2) is 6.47. The molecule has 0 aromatic carbocycles. The van der Waals surface area contributed by atoms with Crippen molar-refractivity contribution in [3.05, 3.63) is 0 Å². The fourth-order valence-electron chi connectivity index (χ4n) is 1.13. The van der Waals surface area contributed by atoms with Crippen molar-refractivity contribution >= 4 is 12.0 Å². The highest BCUT2D eigenvalue weighted by Gasteiger charge is 2.19. The van der Waals surface area contributed by atoms with E-state index in [2.05, 4.69) is 0 Å². The molecule has 0 aromatic rings. The van der Waals surface area contributed by atoms with E-state index in [4.69, 9.17) is 4.74 Å². The minimum Gasteiger partial charge on any atom is -0.444 e. The number of carbonyl (C=O) groups excluding carboxylic acids is 2. The molecule has 0 fully saturated rings. The number of nitrogens with zero attached hydrogens (tertiary/aromatic N) is 2. The summed E-state index contributed by atoms with van der Waals surface area (Å²) in [5, 5.41) is 0. The first-order valence-electron chi connectivity index (χ1n) is 5.79. The first kappa shape index (κ1) is 15.7. The van der Waals surface area contributed by atoms with Gasteiger partial charge in [0.2, 0.25) is 5.91 Å². The highest BCUT2D eigenvalue weighted by Crippen LogP contribution is 2.09. The molecule has 17 heavy (non-hydrogen) atoms. The standard InChI is InChI=1S/C12H24N2O3/c1-10(15)13(5)8-7-9-14(6)11(16)17-12(2,3)4/h7-9H2,1-6H3. The molecule has 0 unspecified atom stereocenters. The number of carbonyl (C=O) groups is 2. The van der Waals surface area contributed by atoms with Gasteiger partial charge >= 0.3 is 6.09 Å². The Balaban J connectivity index is 3.90. The molecule has 0 spiro atoms. The fourth-order valence-corrected chi connectivity index (χ4v) is 1.13. The maximum atomic E-state index is 11.6. The molecule has 0 rings (SSSR count). The zero-order valence-corrected chi connectivity index (χ0v) is 11.7. The van der Waals surface area contributed by atoms with Crippen LogP contribution in [0, 0.1) is 0 Å². The summed E-state index contributed by atoms with van der Waals surface area (Å²) in [4.78, 5) is 25.7. The first-order chi connectivity index (χ1) is 7.63. The highest BCUT2D eigenvalue weighted by molar-refractivity contribution is 5.72. The quantitative estimate of drug-likeness (QED) is 0.756. The van der Waals surface area contributed by atoms with E-state index >= 15 is 0 Å². The van der Waals surface area contributed by atoms with Crippen molar-refractivity contribution in [1.29, 1.82) is 0 Å². The number of hydrogen-bond acceptors (Lipinski definition) is 3. The maximum Gasteiger partial charge on any atom is 0.410 e. The molecule has 0 heterocycles. The van der Waals surface area contributed by atoms with Crippen LogP contribution in [0.3, 0.4) is 0 Å². The molecule has 0 saturated heterocycles. The van der Waals surface area contributed by atoms with Crippen LogP contribution in [0.5, 0.6) is 0 Å². The predicted octanol–water partition coefficient (Wildman–Crippen LogP) is 1.72. The Morgan fingerprint density at radius 2 is 1.53 bits per heavy atom. The van der Waals surface area contributed by atoms with Crippen molar-refractivity contribution in [2.45, 2.75) is 39.7 Å². The van der Waals surface area contributed by atoms with Crippen molar-refractivity contribution in [3.63, 3.8) is 0 Å². The number of amides is 2. The summed E-state index contributed by atoms with van der Waals surface area (Å²) in [6.07, 6.45) is 0.411. The molecule has 0 atom stereocenters. The van der Waals surface area contributed by atoms with Crippen LogP contribution in [0.25, 0.3) is 0 Å². The molecule has 0 aliphatic carbocycles. The molecule has 2 amide bonds. The number of hydrogen-bond donors (Lipinski definition) is 0. The lowest BCUT2D eigenvalue weighted by Gasteiger charge is -2.25. The lowest BCUT2D eigenvalue weighted by Crippen LogP contribution is -2.36. The summed E-state index contributed by atoms with van der Waals surface area (Å²) in [6, 6.07) is 0. The summed E-state index contributed by atoms with van der Waals surface area (Å²) in [6.45, 7) is 8.25. The van der Waals surface area contributed by atoms with Crippen LogP contribution in [-0.2, 0) is 9.53 Å². The second-order valence-electron chi connectivity index (χ2n) is 5.20. The SMILES string of the molecule is CC(=O)N(C)CCCN(C)C(=O)OC(C)(C)C. The van der Waals surface area contributed by atoms with E-state index < -0.39 is 5.60 Å². The van der Waals surface area contributed by atoms with Crippen molar-refractivity contribution in [2.24, 2.45) is 0 Å². The lowest BCUT2D eigenvalue weighted by atomic mass is 10.2. The van der Waals surface area contributed by atoms with Crippen LogP contribution in [0.2, 0.25) is 0 Å². The highest BCUT2D eigenvalue weighted by atomic mass is 16.6. The Morgan fingerprint density at radius 3 is 1.94 bits per heavy atom. The first-order valence-corrected chi connectivity index (χ1v) is 5.79. The minimum absolute atomic E-state index is 0.0323. The van der Waals surface area contributed by atoms with Crippen LogP contribution in [-0.4, -0.2) is 54.6 Å². The Kier molecular flexibility index (Phi) is 5.99. The predicted molar refractivity (Wildman–Crippen MR) is 66.8 cm³/mol. The van der Waals surface area contributed by atoms with Crippen molar-refractivity contribution in [1.82, 2.24) is 9.80 Å². The second-order valence-corrected chi connectivity index (χ2v) is 5.20. The van der Waals surface area contributed by atoms with E-state index in [0.29, 0.717) is 13.1 Å². The number of ether oxygens (including phenoxy) is 1. The maximum absolute atomic E-state index is 11.6. The third-order valence-corrected chi connectivity index (χ3v) is 2.23. The molecule has 100 valence electrons. The molecule has 0 aliphatic rings. The fraction of sp³-hybridized carbons (Fsp3) is 0.833. The zero-order chi connectivity index (χ0) is 13.6. The molecular weight excluding hydrogens is 220 g/mol. The zero-order valence-electron chi connectivity index (χ0n) is 11.7. The Morgan fingerprint density at radius 1 is 1.06 bits per heavy atom. The topological polar surface area (TPSA) is 49.9 Å². The average Bonchev–Trinajstić information content (AvgIpc) is 2.14. The molecular formula is C12H24N2O3. The normalized spacial score (nSPS) is 10.9. The molecule has 0 N–H and O–H groups in total. The van der Waals surface area contributed by atoms with Gasteiger partial charge in [0.1, 0.15) is 5.60 Å². The van der Waals surface area contributed by atoms with Crippen LogP contribution >= 0.6 is 0 Å². The van der Waals surface area contributed by atoms with Crippen molar-refractivity contribution < 1.29 is 14.3 Å². The van der Waals surface area contributed by atoms with Crippen LogP contribution in [0.1, 0.15) is 34.1 Å². The molecule has 0 aromatic heterocycles. The van der Waals surface area contributed by atoms with E-state index in [9.17, 15) is 9.59 Å². The van der Waals surface area contributed by atoms with Gasteiger partial charge in [-0.2, -0.15) is 0 Å². The molecule has 5 nitrogen and oxygen atoms in total. The van der Waals surface area contributed by atoms with Gasteiger partial charge in [0.05, 0.1) is 0 Å². The third kappa shape index (κ3) is 7.60. The Hall–Kier alpha value is -1.26. The summed E-state index contributed by atoms with van der Waals surface area (Å²) in [7, 11) is 3.44. The van der Waals surface area contributed by atoms with Crippen LogP contribution in [0.4, 0.5) is 4.79 Å². The van der Waals surface area contributed by atoms with Crippen LogP contribution in [0.15, 0.2) is 0 Å². The average molecular weight is 244 g/mol. The molecule has 0 saturated carbocycles. The minimum atomic E-state index is -0.471. The third-order valence-electron chi connectivity index (χ3n) is 2.23. The molecule has 5 heteroatoms. The van der Waals surface area contributed by atoms with Crippen molar-refractivity contribution in [3.8, 4) is 0 Å². The molecule has 0 radical (unpaired) electrons. The summed E-state index contributed by atoms with van der Waals surface area (Å²) in [5.41, 5.74) is -0.471. The number of rotatable bonds is 4. The van der Waals surface area contributed by atoms with Gasteiger partial charge in [-0.3, -0.25) is 4.79 Å². The van der Waals surface area contributed by atoms with E-state index in [-0.39, 0.29) is 12.0 Å². The van der Waals surface area contributed by atoms with Gasteiger partial charge in [0.15, 0.2) is 0 Å². The molecule has 0 bridgehead atoms. The van der Waals surface area contributed by atoms with Crippen LogP contribution < -0.4 is 0 Å². The van der Waals surface area contributed by atoms with Gasteiger partial charge in [0, 0.05) is 34.1 Å². The monoisotopic (exact) mass is 244 g/mol. The van der Waals surface area contributed by atoms with Gasteiger partial charge in [-0.1, -0.05) is 0 Å². The van der Waals surface area contributed by atoms with Gasteiger partial charge in [-0.25, -0.2) is 4.79 Å². The lowest BCUT2D eigenvalue weighted by molar-refractivity contribution is -0.127. The largest absolute Gasteiger partial charge is 0.444 e. The van der Waals surface area contributed by atoms with Gasteiger partial charge in [-0.05, 0) is 27.2 Å². The van der Waals surface area contributed by atoms with E-state index in [1.165, 1.54) is 11.8 Å².